The van der Waals surface area contributed by atoms with Gasteiger partial charge in [-0.1, -0.05) is 32.9 Å². The Kier molecular flexibility index (Phi) is 4.35. The zero-order valence-electron chi connectivity index (χ0n) is 12.8. The van der Waals surface area contributed by atoms with Crippen LogP contribution in [0.2, 0.25) is 0 Å². The quantitative estimate of drug-likeness (QED) is 0.844. The summed E-state index contributed by atoms with van der Waals surface area (Å²) in [6, 6.07) is 7.43. The molecule has 4 heteroatoms. The number of nitrogens with one attached hydrogen (secondary N) is 1. The molecule has 1 aromatic rings. The molecule has 1 saturated carbocycles. The van der Waals surface area contributed by atoms with Gasteiger partial charge < -0.3 is 10.4 Å². The molecule has 1 amide bonds. The van der Waals surface area contributed by atoms with Crippen molar-refractivity contribution >= 4 is 17.6 Å². The number of anilines is 1. The molecule has 21 heavy (non-hydrogen) atoms. The van der Waals surface area contributed by atoms with E-state index in [-0.39, 0.29) is 17.2 Å². The molecule has 2 rings (SSSR count). The van der Waals surface area contributed by atoms with Crippen LogP contribution in [0.25, 0.3) is 0 Å². The Morgan fingerprint density at radius 3 is 2.48 bits per heavy atom. The second-order valence-electron chi connectivity index (χ2n) is 6.39. The van der Waals surface area contributed by atoms with Crippen molar-refractivity contribution in [3.05, 3.63) is 29.8 Å². The zero-order chi connectivity index (χ0) is 15.6. The number of hydrogen-bond donors (Lipinski definition) is 2. The van der Waals surface area contributed by atoms with Crippen LogP contribution < -0.4 is 5.32 Å². The lowest BCUT2D eigenvalue weighted by Crippen LogP contribution is -2.17. The highest BCUT2D eigenvalue weighted by atomic mass is 16.4. The molecular weight excluding hydrogens is 266 g/mol. The van der Waals surface area contributed by atoms with E-state index < -0.39 is 11.9 Å². The second kappa shape index (κ2) is 5.88. The number of carboxylic acid groups (broad SMARTS) is 1. The molecule has 0 bridgehead atoms. The molecule has 0 spiro atoms. The highest BCUT2D eigenvalue weighted by Gasteiger charge is 2.52. The third-order valence-electron chi connectivity index (χ3n) is 4.66. The molecule has 0 aromatic heterocycles. The Balaban J connectivity index is 1.91. The van der Waals surface area contributed by atoms with Crippen LogP contribution in [-0.2, 0) is 16.0 Å². The van der Waals surface area contributed by atoms with E-state index >= 15 is 0 Å². The third-order valence-corrected chi connectivity index (χ3v) is 4.66. The number of rotatable bonds is 6. The van der Waals surface area contributed by atoms with E-state index in [1.165, 1.54) is 0 Å². The first-order valence-corrected chi connectivity index (χ1v) is 7.48. The summed E-state index contributed by atoms with van der Waals surface area (Å²) in [5.41, 5.74) is 1.91. The summed E-state index contributed by atoms with van der Waals surface area (Å²) in [7, 11) is 0. The Bertz CT molecular complexity index is 537. The summed E-state index contributed by atoms with van der Waals surface area (Å²) in [5, 5.41) is 11.8. The lowest BCUT2D eigenvalue weighted by Gasteiger charge is -2.10. The average molecular weight is 289 g/mol. The van der Waals surface area contributed by atoms with E-state index in [4.69, 9.17) is 5.11 Å². The van der Waals surface area contributed by atoms with Crippen molar-refractivity contribution in [3.8, 4) is 0 Å². The summed E-state index contributed by atoms with van der Waals surface area (Å²) in [6.45, 7) is 5.95. The van der Waals surface area contributed by atoms with Gasteiger partial charge in [0.05, 0.1) is 5.92 Å². The first kappa shape index (κ1) is 15.5. The first-order valence-electron chi connectivity index (χ1n) is 7.48. The van der Waals surface area contributed by atoms with Gasteiger partial charge in [0.15, 0.2) is 0 Å². The lowest BCUT2D eigenvalue weighted by molar-refractivity contribution is -0.141. The fraction of sp³-hybridized carbons (Fsp3) is 0.529. The molecule has 3 atom stereocenters. The van der Waals surface area contributed by atoms with Crippen LogP contribution in [0.3, 0.4) is 0 Å². The first-order chi connectivity index (χ1) is 9.85. The summed E-state index contributed by atoms with van der Waals surface area (Å²) in [4.78, 5) is 22.9. The Hall–Kier alpha value is -1.84. The summed E-state index contributed by atoms with van der Waals surface area (Å²) in [6.07, 6.45) is 2.49. The Morgan fingerprint density at radius 2 is 2.00 bits per heavy atom. The average Bonchev–Trinajstić information content (AvgIpc) is 3.14. The number of benzene rings is 1. The normalized spacial score (nSPS) is 25.2. The number of carbonyl (C=O) groups is 2. The smallest absolute Gasteiger partial charge is 0.306 e. The molecular formula is C17H23NO3. The van der Waals surface area contributed by atoms with Crippen molar-refractivity contribution < 1.29 is 14.7 Å². The van der Waals surface area contributed by atoms with Crippen molar-refractivity contribution in [2.24, 2.45) is 17.3 Å². The number of aliphatic carboxylic acids is 1. The molecule has 0 radical (unpaired) electrons. The topological polar surface area (TPSA) is 66.4 Å². The van der Waals surface area contributed by atoms with E-state index in [9.17, 15) is 9.59 Å². The maximum Gasteiger partial charge on any atom is 0.306 e. The predicted octanol–water partition coefficient (Wildman–Crippen LogP) is 3.32. The molecule has 1 aliphatic carbocycles. The molecule has 4 nitrogen and oxygen atoms in total. The summed E-state index contributed by atoms with van der Waals surface area (Å²) in [5.74, 6) is -0.984. The highest BCUT2D eigenvalue weighted by Crippen LogP contribution is 2.55. The number of carbonyl (C=O) groups excluding carboxylic acids is 1. The fourth-order valence-electron chi connectivity index (χ4n) is 2.60. The van der Waals surface area contributed by atoms with Crippen molar-refractivity contribution in [2.75, 3.05) is 5.32 Å². The fourth-order valence-corrected chi connectivity index (χ4v) is 2.60. The van der Waals surface area contributed by atoms with E-state index in [0.29, 0.717) is 6.42 Å². The number of amides is 1. The largest absolute Gasteiger partial charge is 0.481 e. The van der Waals surface area contributed by atoms with Gasteiger partial charge in [-0.2, -0.15) is 0 Å². The molecule has 3 unspecified atom stereocenters. The van der Waals surface area contributed by atoms with Crippen LogP contribution in [0.15, 0.2) is 24.3 Å². The minimum atomic E-state index is -0.792. The van der Waals surface area contributed by atoms with Gasteiger partial charge >= 0.3 is 5.97 Å². The Labute approximate surface area is 125 Å². The van der Waals surface area contributed by atoms with Crippen molar-refractivity contribution in [2.45, 2.75) is 40.0 Å². The lowest BCUT2D eigenvalue weighted by atomic mass is 10.0. The number of carboxylic acids is 1. The van der Waals surface area contributed by atoms with Gasteiger partial charge in [0, 0.05) is 11.6 Å². The van der Waals surface area contributed by atoms with Crippen LogP contribution in [-0.4, -0.2) is 17.0 Å². The monoisotopic (exact) mass is 289 g/mol. The van der Waals surface area contributed by atoms with Crippen LogP contribution >= 0.6 is 0 Å². The van der Waals surface area contributed by atoms with Gasteiger partial charge in [-0.3, -0.25) is 9.59 Å². The van der Waals surface area contributed by atoms with Crippen LogP contribution in [0, 0.1) is 17.3 Å². The van der Waals surface area contributed by atoms with Gasteiger partial charge in [-0.15, -0.1) is 0 Å². The molecule has 1 fully saturated rings. The van der Waals surface area contributed by atoms with Crippen molar-refractivity contribution in [3.63, 3.8) is 0 Å². The second-order valence-corrected chi connectivity index (χ2v) is 6.39. The highest BCUT2D eigenvalue weighted by molar-refractivity contribution is 5.95. The molecule has 0 aliphatic heterocycles. The minimum Gasteiger partial charge on any atom is -0.481 e. The van der Waals surface area contributed by atoms with E-state index in [2.05, 4.69) is 19.2 Å². The van der Waals surface area contributed by atoms with E-state index in [1.54, 1.807) is 6.92 Å². The molecule has 0 saturated heterocycles. The molecule has 1 aliphatic rings. The molecule has 114 valence electrons. The predicted molar refractivity (Wildman–Crippen MR) is 82.1 cm³/mol. The van der Waals surface area contributed by atoms with Gasteiger partial charge in [0.1, 0.15) is 0 Å². The van der Waals surface area contributed by atoms with Crippen molar-refractivity contribution in [1.82, 2.24) is 0 Å². The van der Waals surface area contributed by atoms with Gasteiger partial charge in [-0.25, -0.2) is 0 Å². The molecule has 2 N–H and O–H groups in total. The third kappa shape index (κ3) is 3.63. The molecule has 0 heterocycles. The van der Waals surface area contributed by atoms with E-state index in [1.807, 2.05) is 24.3 Å². The van der Waals surface area contributed by atoms with E-state index in [0.717, 1.165) is 24.1 Å². The van der Waals surface area contributed by atoms with Crippen LogP contribution in [0.1, 0.15) is 39.2 Å². The van der Waals surface area contributed by atoms with Crippen LogP contribution in [0.4, 0.5) is 5.69 Å². The maximum absolute atomic E-state index is 12.1. The summed E-state index contributed by atoms with van der Waals surface area (Å²) < 4.78 is 0. The Morgan fingerprint density at radius 1 is 1.38 bits per heavy atom. The minimum absolute atomic E-state index is 0.0889. The zero-order valence-corrected chi connectivity index (χ0v) is 12.8. The summed E-state index contributed by atoms with van der Waals surface area (Å²) >= 11 is 0. The number of hydrogen-bond acceptors (Lipinski definition) is 2. The molecule has 1 aromatic carbocycles. The maximum atomic E-state index is 12.1. The van der Waals surface area contributed by atoms with Crippen molar-refractivity contribution in [1.29, 1.82) is 0 Å². The van der Waals surface area contributed by atoms with Crippen LogP contribution in [0.5, 0.6) is 0 Å². The standard InChI is InChI=1S/C17H23NO3/c1-4-17(3)10-14(17)15(19)18-13-7-5-12(6-8-13)9-11(2)16(20)21/h5-8,11,14H,4,9-10H2,1-3H3,(H,18,19)(H,20,21). The van der Waals surface area contributed by atoms with Gasteiger partial charge in [0.25, 0.3) is 0 Å². The SMILES string of the molecule is CCC1(C)CC1C(=O)Nc1ccc(CC(C)C(=O)O)cc1. The van der Waals surface area contributed by atoms with Gasteiger partial charge in [0.2, 0.25) is 5.91 Å². The van der Waals surface area contributed by atoms with Gasteiger partial charge in [-0.05, 0) is 42.4 Å².